The summed E-state index contributed by atoms with van der Waals surface area (Å²) in [6.45, 7) is 0. The molecule has 3 rings (SSSR count). The Bertz CT molecular complexity index is 883. The summed E-state index contributed by atoms with van der Waals surface area (Å²) >= 11 is 1.32. The van der Waals surface area contributed by atoms with Crippen molar-refractivity contribution in [1.82, 2.24) is 15.2 Å². The van der Waals surface area contributed by atoms with Gasteiger partial charge in [0.2, 0.25) is 5.13 Å². The maximum Gasteiger partial charge on any atom is 0.263 e. The number of anilines is 1. The van der Waals surface area contributed by atoms with Crippen molar-refractivity contribution < 1.29 is 14.3 Å². The molecule has 0 aliphatic rings. The summed E-state index contributed by atoms with van der Waals surface area (Å²) < 4.78 is 10.5. The Labute approximate surface area is 148 Å². The number of pyridine rings is 1. The SMILES string of the molecule is COc1ccc(C(=O)N(C)c2nnc(-c3cccnc3)s2)c(OC)c1. The Balaban J connectivity index is 1.87. The predicted molar refractivity (Wildman–Crippen MR) is 95.4 cm³/mol. The first-order valence-electron chi connectivity index (χ1n) is 7.38. The van der Waals surface area contributed by atoms with E-state index in [2.05, 4.69) is 15.2 Å². The molecule has 0 saturated heterocycles. The van der Waals surface area contributed by atoms with Crippen molar-refractivity contribution >= 4 is 22.4 Å². The van der Waals surface area contributed by atoms with Gasteiger partial charge in [-0.05, 0) is 24.3 Å². The smallest absolute Gasteiger partial charge is 0.263 e. The number of benzene rings is 1. The lowest BCUT2D eigenvalue weighted by atomic mass is 10.1. The molecule has 0 unspecified atom stereocenters. The fourth-order valence-corrected chi connectivity index (χ4v) is 2.99. The monoisotopic (exact) mass is 356 g/mol. The molecule has 2 aromatic heterocycles. The third-order valence-electron chi connectivity index (χ3n) is 3.55. The van der Waals surface area contributed by atoms with Gasteiger partial charge in [-0.15, -0.1) is 10.2 Å². The largest absolute Gasteiger partial charge is 0.497 e. The second-order valence-corrected chi connectivity index (χ2v) is 6.02. The first-order chi connectivity index (χ1) is 12.1. The fourth-order valence-electron chi connectivity index (χ4n) is 2.20. The number of hydrogen-bond acceptors (Lipinski definition) is 7. The van der Waals surface area contributed by atoms with Gasteiger partial charge in [-0.25, -0.2) is 0 Å². The van der Waals surface area contributed by atoms with Gasteiger partial charge in [-0.1, -0.05) is 11.3 Å². The first-order valence-corrected chi connectivity index (χ1v) is 8.19. The number of ether oxygens (including phenoxy) is 2. The van der Waals surface area contributed by atoms with Crippen LogP contribution in [0.5, 0.6) is 11.5 Å². The van der Waals surface area contributed by atoms with E-state index in [4.69, 9.17) is 9.47 Å². The molecule has 0 bridgehead atoms. The standard InChI is InChI=1S/C17H16N4O3S/c1-21(16(22)13-7-6-12(23-2)9-14(13)24-3)17-20-19-15(25-17)11-5-4-8-18-10-11/h4-10H,1-3H3. The van der Waals surface area contributed by atoms with E-state index in [1.807, 2.05) is 12.1 Å². The molecular formula is C17H16N4O3S. The highest BCUT2D eigenvalue weighted by Gasteiger charge is 2.21. The number of nitrogens with zero attached hydrogens (tertiary/aromatic N) is 4. The summed E-state index contributed by atoms with van der Waals surface area (Å²) in [5, 5.41) is 9.43. The van der Waals surface area contributed by atoms with Crippen molar-refractivity contribution in [2.75, 3.05) is 26.2 Å². The molecule has 8 heteroatoms. The van der Waals surface area contributed by atoms with Crippen LogP contribution in [0.3, 0.4) is 0 Å². The summed E-state index contributed by atoms with van der Waals surface area (Å²) in [5.74, 6) is 0.812. The first kappa shape index (κ1) is 16.8. The summed E-state index contributed by atoms with van der Waals surface area (Å²) in [6, 6.07) is 8.77. The zero-order valence-electron chi connectivity index (χ0n) is 14.0. The van der Waals surface area contributed by atoms with E-state index in [-0.39, 0.29) is 5.91 Å². The molecule has 2 heterocycles. The minimum absolute atomic E-state index is 0.242. The molecule has 3 aromatic rings. The Kier molecular flexibility index (Phi) is 4.90. The lowest BCUT2D eigenvalue weighted by molar-refractivity contribution is 0.0990. The van der Waals surface area contributed by atoms with E-state index in [0.29, 0.717) is 27.2 Å². The van der Waals surface area contributed by atoms with Crippen molar-refractivity contribution in [3.8, 4) is 22.1 Å². The molecule has 0 radical (unpaired) electrons. The van der Waals surface area contributed by atoms with Crippen LogP contribution in [0.1, 0.15) is 10.4 Å². The average Bonchev–Trinajstić information content (AvgIpc) is 3.17. The number of carbonyl (C=O) groups is 1. The zero-order valence-corrected chi connectivity index (χ0v) is 14.8. The van der Waals surface area contributed by atoms with Crippen LogP contribution in [-0.4, -0.2) is 42.4 Å². The molecular weight excluding hydrogens is 340 g/mol. The van der Waals surface area contributed by atoms with Gasteiger partial charge in [-0.3, -0.25) is 14.7 Å². The van der Waals surface area contributed by atoms with Gasteiger partial charge in [0, 0.05) is 31.1 Å². The van der Waals surface area contributed by atoms with Gasteiger partial charge in [0.1, 0.15) is 11.5 Å². The zero-order chi connectivity index (χ0) is 17.8. The van der Waals surface area contributed by atoms with Crippen molar-refractivity contribution in [2.24, 2.45) is 0 Å². The Hall–Kier alpha value is -3.00. The van der Waals surface area contributed by atoms with Crippen LogP contribution in [-0.2, 0) is 0 Å². The third-order valence-corrected chi connectivity index (χ3v) is 4.60. The van der Waals surface area contributed by atoms with Gasteiger partial charge in [-0.2, -0.15) is 0 Å². The van der Waals surface area contributed by atoms with Crippen molar-refractivity contribution in [3.63, 3.8) is 0 Å². The Morgan fingerprint density at radius 2 is 2.00 bits per heavy atom. The van der Waals surface area contributed by atoms with Crippen molar-refractivity contribution in [1.29, 1.82) is 0 Å². The Morgan fingerprint density at radius 1 is 1.16 bits per heavy atom. The minimum atomic E-state index is -0.242. The third kappa shape index (κ3) is 3.43. The number of amides is 1. The number of aromatic nitrogens is 3. The molecule has 0 aliphatic carbocycles. The molecule has 0 N–H and O–H groups in total. The second kappa shape index (κ2) is 7.27. The normalized spacial score (nSPS) is 10.4. The molecule has 128 valence electrons. The number of methoxy groups -OCH3 is 2. The molecule has 25 heavy (non-hydrogen) atoms. The molecule has 0 atom stereocenters. The lowest BCUT2D eigenvalue weighted by Crippen LogP contribution is -2.26. The van der Waals surface area contributed by atoms with E-state index in [1.54, 1.807) is 44.8 Å². The molecule has 0 spiro atoms. The van der Waals surface area contributed by atoms with Gasteiger partial charge >= 0.3 is 0 Å². The van der Waals surface area contributed by atoms with Crippen LogP contribution < -0.4 is 14.4 Å². The Morgan fingerprint density at radius 3 is 2.68 bits per heavy atom. The summed E-state index contributed by atoms with van der Waals surface area (Å²) in [7, 11) is 4.72. The van der Waals surface area contributed by atoms with E-state index in [1.165, 1.54) is 23.3 Å². The van der Waals surface area contributed by atoms with E-state index in [9.17, 15) is 4.79 Å². The van der Waals surface area contributed by atoms with Crippen LogP contribution >= 0.6 is 11.3 Å². The number of rotatable bonds is 5. The van der Waals surface area contributed by atoms with Crippen LogP contribution in [0.15, 0.2) is 42.7 Å². The fraction of sp³-hybridized carbons (Fsp3) is 0.176. The molecule has 1 amide bonds. The van der Waals surface area contributed by atoms with Crippen LogP contribution in [0.2, 0.25) is 0 Å². The maximum atomic E-state index is 12.8. The molecule has 0 saturated carbocycles. The van der Waals surface area contributed by atoms with Crippen LogP contribution in [0.4, 0.5) is 5.13 Å². The van der Waals surface area contributed by atoms with Crippen molar-refractivity contribution in [3.05, 3.63) is 48.3 Å². The molecule has 1 aromatic carbocycles. The maximum absolute atomic E-state index is 12.8. The highest BCUT2D eigenvalue weighted by Crippen LogP contribution is 2.30. The van der Waals surface area contributed by atoms with Gasteiger partial charge in [0.05, 0.1) is 19.8 Å². The van der Waals surface area contributed by atoms with E-state index < -0.39 is 0 Å². The van der Waals surface area contributed by atoms with Crippen LogP contribution in [0.25, 0.3) is 10.6 Å². The summed E-state index contributed by atoms with van der Waals surface area (Å²) in [5.41, 5.74) is 1.28. The average molecular weight is 356 g/mol. The van der Waals surface area contributed by atoms with Crippen molar-refractivity contribution in [2.45, 2.75) is 0 Å². The molecule has 0 fully saturated rings. The highest BCUT2D eigenvalue weighted by molar-refractivity contribution is 7.18. The molecule has 0 aliphatic heterocycles. The second-order valence-electron chi connectivity index (χ2n) is 5.06. The topological polar surface area (TPSA) is 77.4 Å². The quantitative estimate of drug-likeness (QED) is 0.699. The molecule has 7 nitrogen and oxygen atoms in total. The van der Waals surface area contributed by atoms with E-state index in [0.717, 1.165) is 5.56 Å². The summed E-state index contributed by atoms with van der Waals surface area (Å²) in [6.07, 6.45) is 3.40. The number of hydrogen-bond donors (Lipinski definition) is 0. The lowest BCUT2D eigenvalue weighted by Gasteiger charge is -2.15. The summed E-state index contributed by atoms with van der Waals surface area (Å²) in [4.78, 5) is 18.3. The van der Waals surface area contributed by atoms with Gasteiger partial charge in [0.15, 0.2) is 5.01 Å². The minimum Gasteiger partial charge on any atom is -0.497 e. The van der Waals surface area contributed by atoms with E-state index >= 15 is 0 Å². The predicted octanol–water partition coefficient (Wildman–Crippen LogP) is 2.89. The van der Waals surface area contributed by atoms with Crippen LogP contribution in [0, 0.1) is 0 Å². The number of carbonyl (C=O) groups excluding carboxylic acids is 1. The van der Waals surface area contributed by atoms with Gasteiger partial charge < -0.3 is 9.47 Å². The van der Waals surface area contributed by atoms with Gasteiger partial charge in [0.25, 0.3) is 5.91 Å². The highest BCUT2D eigenvalue weighted by atomic mass is 32.1.